The molecule has 0 fully saturated rings. The molecule has 1 heterocycles. The van der Waals surface area contributed by atoms with Gasteiger partial charge in [0.05, 0.1) is 10.6 Å². The standard InChI is InChI=1S/C23H15Cl2NO3/c24-17-10-11-19(25)18(13-17)22-26-20(23(27)29-22)12-16-8-4-5-9-21(16)28-14-15-6-2-1-3-7-15/h1-13H,14H2/b20-12-. The number of hydrogen-bond donors (Lipinski definition) is 0. The van der Waals surface area contributed by atoms with Gasteiger partial charge in [-0.1, -0.05) is 71.7 Å². The van der Waals surface area contributed by atoms with Crippen LogP contribution in [0.3, 0.4) is 0 Å². The molecule has 0 bridgehead atoms. The van der Waals surface area contributed by atoms with Crippen LogP contribution in [0, 0.1) is 0 Å². The Balaban J connectivity index is 1.61. The summed E-state index contributed by atoms with van der Waals surface area (Å²) in [6.07, 6.45) is 1.63. The lowest BCUT2D eigenvalue weighted by molar-refractivity contribution is -0.129. The molecule has 4 rings (SSSR count). The van der Waals surface area contributed by atoms with Crippen LogP contribution >= 0.6 is 23.2 Å². The number of ether oxygens (including phenoxy) is 2. The van der Waals surface area contributed by atoms with E-state index in [9.17, 15) is 4.79 Å². The van der Waals surface area contributed by atoms with Crippen molar-refractivity contribution in [2.45, 2.75) is 6.61 Å². The van der Waals surface area contributed by atoms with Gasteiger partial charge in [0.15, 0.2) is 5.70 Å². The molecule has 6 heteroatoms. The first-order chi connectivity index (χ1) is 14.1. The van der Waals surface area contributed by atoms with Gasteiger partial charge in [0.2, 0.25) is 5.90 Å². The summed E-state index contributed by atoms with van der Waals surface area (Å²) in [4.78, 5) is 16.6. The zero-order valence-electron chi connectivity index (χ0n) is 15.1. The smallest absolute Gasteiger partial charge is 0.363 e. The molecule has 0 atom stereocenters. The van der Waals surface area contributed by atoms with Crippen molar-refractivity contribution in [2.75, 3.05) is 0 Å². The molecule has 3 aromatic carbocycles. The van der Waals surface area contributed by atoms with Crippen molar-refractivity contribution in [3.05, 3.63) is 105 Å². The molecule has 144 valence electrons. The second kappa shape index (κ2) is 8.52. The molecule has 4 nitrogen and oxygen atoms in total. The number of carbonyl (C=O) groups excluding carboxylic acids is 1. The van der Waals surface area contributed by atoms with Crippen molar-refractivity contribution in [2.24, 2.45) is 4.99 Å². The number of esters is 1. The van der Waals surface area contributed by atoms with Gasteiger partial charge in [-0.25, -0.2) is 9.79 Å². The Labute approximate surface area is 178 Å². The number of aliphatic imine (C=N–C) groups is 1. The average Bonchev–Trinajstić information content (AvgIpc) is 3.10. The molecule has 0 unspecified atom stereocenters. The highest BCUT2D eigenvalue weighted by Gasteiger charge is 2.26. The van der Waals surface area contributed by atoms with Crippen molar-refractivity contribution < 1.29 is 14.3 Å². The normalized spacial score (nSPS) is 14.6. The van der Waals surface area contributed by atoms with Crippen LogP contribution in [0.2, 0.25) is 10.0 Å². The zero-order chi connectivity index (χ0) is 20.2. The summed E-state index contributed by atoms with van der Waals surface area (Å²) in [5.74, 6) is 0.200. The van der Waals surface area contributed by atoms with E-state index in [1.165, 1.54) is 0 Å². The maximum absolute atomic E-state index is 12.3. The van der Waals surface area contributed by atoms with E-state index in [-0.39, 0.29) is 11.6 Å². The van der Waals surface area contributed by atoms with Crippen LogP contribution in [0.1, 0.15) is 16.7 Å². The van der Waals surface area contributed by atoms with E-state index in [4.69, 9.17) is 32.7 Å². The SMILES string of the molecule is O=C1OC(c2cc(Cl)ccc2Cl)=N/C1=C\c1ccccc1OCc1ccccc1. The topological polar surface area (TPSA) is 47.9 Å². The van der Waals surface area contributed by atoms with Crippen LogP contribution in [-0.2, 0) is 16.1 Å². The Hall–Kier alpha value is -3.08. The molecule has 0 saturated heterocycles. The predicted molar refractivity (Wildman–Crippen MR) is 114 cm³/mol. The minimum Gasteiger partial charge on any atom is -0.488 e. The highest BCUT2D eigenvalue weighted by atomic mass is 35.5. The molecule has 29 heavy (non-hydrogen) atoms. The lowest BCUT2D eigenvalue weighted by atomic mass is 10.1. The van der Waals surface area contributed by atoms with Crippen molar-refractivity contribution in [1.29, 1.82) is 0 Å². The summed E-state index contributed by atoms with van der Waals surface area (Å²) < 4.78 is 11.2. The van der Waals surface area contributed by atoms with Crippen LogP contribution < -0.4 is 4.74 Å². The Kier molecular flexibility index (Phi) is 5.65. The summed E-state index contributed by atoms with van der Waals surface area (Å²) in [6, 6.07) is 22.2. The summed E-state index contributed by atoms with van der Waals surface area (Å²) in [6.45, 7) is 0.415. The molecule has 3 aromatic rings. The Morgan fingerprint density at radius 3 is 2.55 bits per heavy atom. The number of para-hydroxylation sites is 1. The molecule has 0 N–H and O–H groups in total. The third-order valence-electron chi connectivity index (χ3n) is 4.23. The highest BCUT2D eigenvalue weighted by Crippen LogP contribution is 2.28. The fourth-order valence-electron chi connectivity index (χ4n) is 2.80. The molecule has 0 saturated carbocycles. The fraction of sp³-hybridized carbons (Fsp3) is 0.0435. The van der Waals surface area contributed by atoms with Crippen LogP contribution in [0.4, 0.5) is 0 Å². The highest BCUT2D eigenvalue weighted by molar-refractivity contribution is 6.36. The van der Waals surface area contributed by atoms with Crippen LogP contribution in [-0.4, -0.2) is 11.9 Å². The van der Waals surface area contributed by atoms with Crippen LogP contribution in [0.15, 0.2) is 83.5 Å². The van der Waals surface area contributed by atoms with Gasteiger partial charge >= 0.3 is 5.97 Å². The molecule has 0 amide bonds. The van der Waals surface area contributed by atoms with Gasteiger partial charge in [-0.05, 0) is 35.9 Å². The van der Waals surface area contributed by atoms with E-state index in [2.05, 4.69) is 4.99 Å². The second-order valence-corrected chi connectivity index (χ2v) is 7.12. The van der Waals surface area contributed by atoms with E-state index in [0.717, 1.165) is 11.1 Å². The molecular weight excluding hydrogens is 409 g/mol. The minimum absolute atomic E-state index is 0.122. The summed E-state index contributed by atoms with van der Waals surface area (Å²) in [7, 11) is 0. The quantitative estimate of drug-likeness (QED) is 0.378. The van der Waals surface area contributed by atoms with Crippen molar-refractivity contribution in [3.63, 3.8) is 0 Å². The molecule has 1 aliphatic heterocycles. The molecule has 1 aliphatic rings. The number of benzene rings is 3. The molecular formula is C23H15Cl2NO3. The van der Waals surface area contributed by atoms with E-state index in [1.807, 2.05) is 54.6 Å². The first-order valence-electron chi connectivity index (χ1n) is 8.84. The number of rotatable bonds is 5. The largest absolute Gasteiger partial charge is 0.488 e. The summed E-state index contributed by atoms with van der Waals surface area (Å²) in [5, 5.41) is 0.869. The van der Waals surface area contributed by atoms with E-state index in [0.29, 0.717) is 28.0 Å². The lowest BCUT2D eigenvalue weighted by Crippen LogP contribution is -2.06. The van der Waals surface area contributed by atoms with Crippen molar-refractivity contribution >= 4 is 41.1 Å². The van der Waals surface area contributed by atoms with E-state index in [1.54, 1.807) is 24.3 Å². The Morgan fingerprint density at radius 1 is 0.966 bits per heavy atom. The molecule has 0 spiro atoms. The Bertz CT molecular complexity index is 1120. The maximum Gasteiger partial charge on any atom is 0.363 e. The second-order valence-electron chi connectivity index (χ2n) is 6.27. The van der Waals surface area contributed by atoms with E-state index < -0.39 is 5.97 Å². The Morgan fingerprint density at radius 2 is 1.72 bits per heavy atom. The number of nitrogens with zero attached hydrogens (tertiary/aromatic N) is 1. The molecule has 0 aromatic heterocycles. The minimum atomic E-state index is -0.561. The first-order valence-corrected chi connectivity index (χ1v) is 9.59. The first kappa shape index (κ1) is 19.2. The monoisotopic (exact) mass is 423 g/mol. The summed E-state index contributed by atoms with van der Waals surface area (Å²) >= 11 is 12.2. The average molecular weight is 424 g/mol. The van der Waals surface area contributed by atoms with Crippen LogP contribution in [0.25, 0.3) is 6.08 Å². The fourth-order valence-corrected chi connectivity index (χ4v) is 3.17. The van der Waals surface area contributed by atoms with Gasteiger partial charge in [0.1, 0.15) is 12.4 Å². The number of carbonyl (C=O) groups is 1. The van der Waals surface area contributed by atoms with Gasteiger partial charge in [0, 0.05) is 10.6 Å². The lowest BCUT2D eigenvalue weighted by Gasteiger charge is -2.09. The number of halogens is 2. The molecule has 0 radical (unpaired) electrons. The van der Waals surface area contributed by atoms with Gasteiger partial charge in [-0.3, -0.25) is 0 Å². The third kappa shape index (κ3) is 4.50. The van der Waals surface area contributed by atoms with Crippen LogP contribution in [0.5, 0.6) is 5.75 Å². The number of cyclic esters (lactones) is 1. The van der Waals surface area contributed by atoms with E-state index >= 15 is 0 Å². The maximum atomic E-state index is 12.3. The summed E-state index contributed by atoms with van der Waals surface area (Å²) in [5.41, 5.74) is 2.39. The van der Waals surface area contributed by atoms with Crippen molar-refractivity contribution in [1.82, 2.24) is 0 Å². The van der Waals surface area contributed by atoms with Gasteiger partial charge in [-0.15, -0.1) is 0 Å². The van der Waals surface area contributed by atoms with Gasteiger partial charge < -0.3 is 9.47 Å². The molecule has 0 aliphatic carbocycles. The zero-order valence-corrected chi connectivity index (χ0v) is 16.7. The van der Waals surface area contributed by atoms with Gasteiger partial charge in [-0.2, -0.15) is 0 Å². The number of hydrogen-bond acceptors (Lipinski definition) is 4. The van der Waals surface area contributed by atoms with Gasteiger partial charge in [0.25, 0.3) is 0 Å². The third-order valence-corrected chi connectivity index (χ3v) is 4.79. The predicted octanol–water partition coefficient (Wildman–Crippen LogP) is 5.92. The van der Waals surface area contributed by atoms with Crippen molar-refractivity contribution in [3.8, 4) is 5.75 Å².